The summed E-state index contributed by atoms with van der Waals surface area (Å²) in [6, 6.07) is 6.46. The third kappa shape index (κ3) is 3.90. The summed E-state index contributed by atoms with van der Waals surface area (Å²) in [6.07, 6.45) is 0. The van der Waals surface area contributed by atoms with E-state index in [2.05, 4.69) is 20.3 Å². The lowest BCUT2D eigenvalue weighted by Gasteiger charge is -2.10. The number of benzene rings is 1. The van der Waals surface area contributed by atoms with Crippen LogP contribution in [-0.4, -0.2) is 39.6 Å². The Kier molecular flexibility index (Phi) is 5.53. The van der Waals surface area contributed by atoms with Crippen LogP contribution in [0.15, 0.2) is 34.2 Å². The molecule has 0 fully saturated rings. The molecule has 2 aromatic rings. The highest BCUT2D eigenvalue weighted by Crippen LogP contribution is 2.17. The number of carbonyl (C=O) groups is 2. The Bertz CT molecular complexity index is 836. The molecule has 0 bridgehead atoms. The number of para-hydroxylation sites is 1. The van der Waals surface area contributed by atoms with Crippen LogP contribution >= 0.6 is 11.8 Å². The Labute approximate surface area is 141 Å². The molecule has 0 saturated carbocycles. The van der Waals surface area contributed by atoms with Gasteiger partial charge in [0.1, 0.15) is 5.69 Å². The fourth-order valence-electron chi connectivity index (χ4n) is 1.76. The molecule has 0 saturated heterocycles. The van der Waals surface area contributed by atoms with Gasteiger partial charge in [0.25, 0.3) is 5.56 Å². The smallest absolute Gasteiger partial charge is 0.339 e. The number of nitrogens with zero attached hydrogens (tertiary/aromatic N) is 3. The van der Waals surface area contributed by atoms with Gasteiger partial charge in [-0.25, -0.2) is 4.79 Å². The molecule has 1 aromatic heterocycles. The number of carbonyl (C=O) groups excluding carboxylic acids is 2. The van der Waals surface area contributed by atoms with Crippen molar-refractivity contribution in [2.75, 3.05) is 24.0 Å². The van der Waals surface area contributed by atoms with Crippen molar-refractivity contribution in [3.8, 4) is 0 Å². The SMILES string of the molecule is COC(=O)c1ccccc1NC(=O)CSc1nnc(C)c(=O)n1N. The molecule has 0 spiro atoms. The van der Waals surface area contributed by atoms with Crippen molar-refractivity contribution < 1.29 is 14.3 Å². The first-order valence-electron chi connectivity index (χ1n) is 6.75. The summed E-state index contributed by atoms with van der Waals surface area (Å²) in [5, 5.41) is 10.2. The first-order valence-corrected chi connectivity index (χ1v) is 7.74. The molecule has 0 aliphatic rings. The molecule has 1 heterocycles. The van der Waals surface area contributed by atoms with Gasteiger partial charge in [-0.15, -0.1) is 10.2 Å². The van der Waals surface area contributed by atoms with Crippen LogP contribution in [0.3, 0.4) is 0 Å². The molecular weight excluding hydrogens is 334 g/mol. The number of nitrogen functional groups attached to an aromatic ring is 1. The van der Waals surface area contributed by atoms with Crippen molar-refractivity contribution in [2.24, 2.45) is 0 Å². The second-order valence-corrected chi connectivity index (χ2v) is 5.56. The molecule has 0 unspecified atom stereocenters. The first kappa shape index (κ1) is 17.5. The van der Waals surface area contributed by atoms with Gasteiger partial charge in [0, 0.05) is 0 Å². The predicted molar refractivity (Wildman–Crippen MR) is 88.3 cm³/mol. The van der Waals surface area contributed by atoms with E-state index in [0.29, 0.717) is 5.69 Å². The highest BCUT2D eigenvalue weighted by atomic mass is 32.2. The van der Waals surface area contributed by atoms with Gasteiger partial charge >= 0.3 is 5.97 Å². The van der Waals surface area contributed by atoms with Crippen molar-refractivity contribution in [1.29, 1.82) is 0 Å². The van der Waals surface area contributed by atoms with Gasteiger partial charge in [-0.1, -0.05) is 23.9 Å². The monoisotopic (exact) mass is 349 g/mol. The van der Waals surface area contributed by atoms with Crippen LogP contribution in [0.2, 0.25) is 0 Å². The molecule has 0 radical (unpaired) electrons. The molecule has 126 valence electrons. The number of esters is 1. The fourth-order valence-corrected chi connectivity index (χ4v) is 2.42. The normalized spacial score (nSPS) is 10.2. The number of hydrogen-bond acceptors (Lipinski definition) is 8. The summed E-state index contributed by atoms with van der Waals surface area (Å²) in [5.74, 6) is 4.57. The lowest BCUT2D eigenvalue weighted by molar-refractivity contribution is -0.113. The standard InChI is InChI=1S/C14H15N5O4S/c1-8-12(21)19(15)14(18-17-8)24-7-11(20)16-10-6-4-3-5-9(10)13(22)23-2/h3-6H,7,15H2,1-2H3,(H,16,20). The van der Waals surface area contributed by atoms with E-state index in [-0.39, 0.29) is 22.2 Å². The van der Waals surface area contributed by atoms with Gasteiger partial charge < -0.3 is 15.9 Å². The molecule has 1 amide bonds. The molecule has 0 aliphatic heterocycles. The van der Waals surface area contributed by atoms with Crippen LogP contribution in [-0.2, 0) is 9.53 Å². The van der Waals surface area contributed by atoms with Crippen LogP contribution in [0.5, 0.6) is 0 Å². The number of anilines is 1. The molecule has 1 aromatic carbocycles. The number of amides is 1. The van der Waals surface area contributed by atoms with E-state index in [1.54, 1.807) is 18.2 Å². The van der Waals surface area contributed by atoms with E-state index in [9.17, 15) is 14.4 Å². The third-order valence-electron chi connectivity index (χ3n) is 2.96. The average Bonchev–Trinajstić information content (AvgIpc) is 2.59. The largest absolute Gasteiger partial charge is 0.465 e. The van der Waals surface area contributed by atoms with Crippen molar-refractivity contribution >= 4 is 29.3 Å². The van der Waals surface area contributed by atoms with Crippen molar-refractivity contribution in [2.45, 2.75) is 12.1 Å². The summed E-state index contributed by atoms with van der Waals surface area (Å²) in [4.78, 5) is 35.4. The summed E-state index contributed by atoms with van der Waals surface area (Å²) in [6.45, 7) is 1.49. The maximum absolute atomic E-state index is 12.1. The maximum atomic E-state index is 12.1. The Hall–Kier alpha value is -2.88. The molecule has 10 heteroatoms. The van der Waals surface area contributed by atoms with E-state index >= 15 is 0 Å². The number of thioether (sulfide) groups is 1. The van der Waals surface area contributed by atoms with E-state index in [4.69, 9.17) is 5.84 Å². The quantitative estimate of drug-likeness (QED) is 0.444. The average molecular weight is 349 g/mol. The minimum absolute atomic E-state index is 0.0656. The number of aryl methyl sites for hydroxylation is 1. The van der Waals surface area contributed by atoms with E-state index in [1.807, 2.05) is 0 Å². The van der Waals surface area contributed by atoms with Crippen LogP contribution in [0.25, 0.3) is 0 Å². The van der Waals surface area contributed by atoms with Crippen LogP contribution in [0.4, 0.5) is 5.69 Å². The van der Waals surface area contributed by atoms with Crippen molar-refractivity contribution in [1.82, 2.24) is 14.9 Å². The number of aromatic nitrogens is 3. The van der Waals surface area contributed by atoms with Crippen LogP contribution in [0, 0.1) is 6.92 Å². The van der Waals surface area contributed by atoms with Crippen LogP contribution < -0.4 is 16.7 Å². The Morgan fingerprint density at radius 2 is 2.04 bits per heavy atom. The van der Waals surface area contributed by atoms with Gasteiger partial charge in [0.2, 0.25) is 11.1 Å². The topological polar surface area (TPSA) is 129 Å². The zero-order valence-electron chi connectivity index (χ0n) is 13.0. The Morgan fingerprint density at radius 3 is 2.75 bits per heavy atom. The predicted octanol–water partition coefficient (Wildman–Crippen LogP) is 0.178. The molecule has 0 atom stereocenters. The van der Waals surface area contributed by atoms with Crippen molar-refractivity contribution in [3.05, 3.63) is 45.9 Å². The lowest BCUT2D eigenvalue weighted by Crippen LogP contribution is -2.32. The molecule has 9 nitrogen and oxygen atoms in total. The minimum Gasteiger partial charge on any atom is -0.465 e. The summed E-state index contributed by atoms with van der Waals surface area (Å²) in [7, 11) is 1.26. The zero-order chi connectivity index (χ0) is 17.7. The number of methoxy groups -OCH3 is 1. The highest BCUT2D eigenvalue weighted by Gasteiger charge is 2.14. The van der Waals surface area contributed by atoms with E-state index < -0.39 is 17.4 Å². The number of nitrogens with two attached hydrogens (primary N) is 1. The molecular formula is C14H15N5O4S. The zero-order valence-corrected chi connectivity index (χ0v) is 13.8. The Morgan fingerprint density at radius 1 is 1.33 bits per heavy atom. The van der Waals surface area contributed by atoms with Gasteiger partial charge in [0.15, 0.2) is 0 Å². The summed E-state index contributed by atoms with van der Waals surface area (Å²) < 4.78 is 5.50. The number of ether oxygens (including phenoxy) is 1. The lowest BCUT2D eigenvalue weighted by atomic mass is 10.2. The summed E-state index contributed by atoms with van der Waals surface area (Å²) in [5.41, 5.74) is 0.251. The van der Waals surface area contributed by atoms with Gasteiger partial charge in [0.05, 0.1) is 24.1 Å². The van der Waals surface area contributed by atoms with Crippen molar-refractivity contribution in [3.63, 3.8) is 0 Å². The van der Waals surface area contributed by atoms with Gasteiger partial charge in [-0.3, -0.25) is 9.59 Å². The number of rotatable bonds is 5. The van der Waals surface area contributed by atoms with E-state index in [0.717, 1.165) is 16.4 Å². The third-order valence-corrected chi connectivity index (χ3v) is 3.90. The number of hydrogen-bond donors (Lipinski definition) is 2. The van der Waals surface area contributed by atoms with Gasteiger partial charge in [-0.2, -0.15) is 4.68 Å². The number of nitrogens with one attached hydrogen (secondary N) is 1. The van der Waals surface area contributed by atoms with Crippen LogP contribution in [0.1, 0.15) is 16.1 Å². The summed E-state index contributed by atoms with van der Waals surface area (Å²) >= 11 is 0.953. The van der Waals surface area contributed by atoms with Gasteiger partial charge in [-0.05, 0) is 19.1 Å². The molecule has 3 N–H and O–H groups in total. The van der Waals surface area contributed by atoms with E-state index in [1.165, 1.54) is 20.1 Å². The Balaban J connectivity index is 2.06. The minimum atomic E-state index is -0.557. The molecule has 24 heavy (non-hydrogen) atoms. The fraction of sp³-hybridized carbons (Fsp3) is 0.214. The molecule has 0 aliphatic carbocycles. The first-order chi connectivity index (χ1) is 11.4. The maximum Gasteiger partial charge on any atom is 0.339 e. The highest BCUT2D eigenvalue weighted by molar-refractivity contribution is 7.99. The second kappa shape index (κ2) is 7.59. The molecule has 2 rings (SSSR count). The second-order valence-electron chi connectivity index (χ2n) is 4.62.